The van der Waals surface area contributed by atoms with Gasteiger partial charge in [-0.2, -0.15) is 8.78 Å². The molecule has 0 aliphatic heterocycles. The Morgan fingerprint density at radius 2 is 1.78 bits per heavy atom. The molecule has 0 fully saturated rings. The van der Waals surface area contributed by atoms with Gasteiger partial charge in [-0.05, 0) is 19.1 Å². The Morgan fingerprint density at radius 3 is 2.26 bits per heavy atom. The maximum atomic E-state index is 13.5. The van der Waals surface area contributed by atoms with Crippen molar-refractivity contribution in [1.29, 1.82) is 0 Å². The van der Waals surface area contributed by atoms with E-state index in [1.54, 1.807) is 11.9 Å². The van der Waals surface area contributed by atoms with Crippen molar-refractivity contribution in [2.75, 3.05) is 18.5 Å². The number of carbonyl (C=O) groups is 1. The lowest BCUT2D eigenvalue weighted by atomic mass is 10.2. The third kappa shape index (κ3) is 3.41. The summed E-state index contributed by atoms with van der Waals surface area (Å²) in [7, 11) is 1.78. The average molecular weight is 328 g/mol. The first-order chi connectivity index (χ1) is 10.8. The van der Waals surface area contributed by atoms with Crippen molar-refractivity contribution in [3.05, 3.63) is 53.2 Å². The van der Waals surface area contributed by atoms with E-state index in [0.29, 0.717) is 12.4 Å². The normalized spacial score (nSPS) is 10.5. The predicted octanol–water partition coefficient (Wildman–Crippen LogP) is 3.31. The van der Waals surface area contributed by atoms with Gasteiger partial charge in [0.25, 0.3) is 0 Å². The van der Waals surface area contributed by atoms with Crippen molar-refractivity contribution >= 4 is 11.8 Å². The minimum atomic E-state index is -1.78. The molecule has 0 aliphatic rings. The van der Waals surface area contributed by atoms with E-state index in [-0.39, 0.29) is 11.6 Å². The van der Waals surface area contributed by atoms with E-state index in [9.17, 15) is 22.4 Å². The van der Waals surface area contributed by atoms with E-state index in [1.807, 2.05) is 6.92 Å². The second kappa shape index (κ2) is 6.64. The van der Waals surface area contributed by atoms with Gasteiger partial charge < -0.3 is 9.64 Å². The lowest BCUT2D eigenvalue weighted by Crippen LogP contribution is -2.18. The van der Waals surface area contributed by atoms with Crippen LogP contribution in [0.1, 0.15) is 17.3 Å². The number of rotatable bonds is 4. The Bertz CT molecular complexity index is 709. The summed E-state index contributed by atoms with van der Waals surface area (Å²) in [6, 6.07) is 2.85. The smallest absolute Gasteiger partial charge is 0.345 e. The van der Waals surface area contributed by atoms with Gasteiger partial charge in [-0.3, -0.25) is 0 Å². The largest absolute Gasteiger partial charge is 0.416 e. The zero-order chi connectivity index (χ0) is 17.1. The third-order valence-corrected chi connectivity index (χ3v) is 3.12. The summed E-state index contributed by atoms with van der Waals surface area (Å²) in [5.41, 5.74) is -0.123. The van der Waals surface area contributed by atoms with Crippen molar-refractivity contribution in [3.8, 4) is 5.75 Å². The summed E-state index contributed by atoms with van der Waals surface area (Å²) in [5, 5.41) is 0. The number of nitrogens with zero attached hydrogens (tertiary/aromatic N) is 2. The van der Waals surface area contributed by atoms with Gasteiger partial charge in [-0.1, -0.05) is 0 Å². The number of pyridine rings is 1. The second-order valence-electron chi connectivity index (χ2n) is 4.61. The number of carbonyl (C=O) groups excluding carboxylic acids is 1. The van der Waals surface area contributed by atoms with Gasteiger partial charge in [0.05, 0.1) is 5.56 Å². The second-order valence-corrected chi connectivity index (χ2v) is 4.61. The lowest BCUT2D eigenvalue weighted by molar-refractivity contribution is 0.0717. The molecule has 2 rings (SSSR count). The molecular formula is C15H12F4N2O2. The van der Waals surface area contributed by atoms with Gasteiger partial charge in [0, 0.05) is 25.9 Å². The quantitative estimate of drug-likeness (QED) is 0.374. The van der Waals surface area contributed by atoms with E-state index in [0.717, 1.165) is 6.20 Å². The molecule has 0 atom stereocenters. The van der Waals surface area contributed by atoms with E-state index >= 15 is 0 Å². The molecule has 0 radical (unpaired) electrons. The van der Waals surface area contributed by atoms with Crippen molar-refractivity contribution in [3.63, 3.8) is 0 Å². The van der Waals surface area contributed by atoms with Crippen LogP contribution in [0.25, 0.3) is 0 Å². The van der Waals surface area contributed by atoms with Gasteiger partial charge in [-0.15, -0.1) is 0 Å². The van der Waals surface area contributed by atoms with E-state index < -0.39 is 35.0 Å². The molecule has 0 unspecified atom stereocenters. The van der Waals surface area contributed by atoms with Gasteiger partial charge in [-0.25, -0.2) is 18.6 Å². The molecule has 0 saturated heterocycles. The number of hydrogen-bond donors (Lipinski definition) is 0. The van der Waals surface area contributed by atoms with Crippen molar-refractivity contribution in [2.45, 2.75) is 6.92 Å². The van der Waals surface area contributed by atoms with Crippen molar-refractivity contribution in [1.82, 2.24) is 4.98 Å². The Hall–Kier alpha value is -2.64. The maximum Gasteiger partial charge on any atom is 0.345 e. The van der Waals surface area contributed by atoms with Crippen LogP contribution in [0, 0.1) is 23.3 Å². The standard InChI is InChI=1S/C15H12F4N2O2/c1-3-21(2)11-5-4-8(7-20-11)15(22)23-14-12(18)9(16)6-10(17)13(14)19/h4-7H,3H2,1-2H3. The molecule has 0 aliphatic carbocycles. The first-order valence-corrected chi connectivity index (χ1v) is 6.57. The molecule has 0 saturated carbocycles. The van der Waals surface area contributed by atoms with Crippen LogP contribution in [-0.2, 0) is 0 Å². The molecule has 0 N–H and O–H groups in total. The number of ether oxygens (including phenoxy) is 1. The number of hydrogen-bond acceptors (Lipinski definition) is 4. The van der Waals surface area contributed by atoms with E-state index in [4.69, 9.17) is 0 Å². The third-order valence-electron chi connectivity index (χ3n) is 3.12. The highest BCUT2D eigenvalue weighted by atomic mass is 19.2. The summed E-state index contributed by atoms with van der Waals surface area (Å²) in [6.45, 7) is 2.57. The van der Waals surface area contributed by atoms with Crippen LogP contribution < -0.4 is 9.64 Å². The highest BCUT2D eigenvalue weighted by Gasteiger charge is 2.23. The highest BCUT2D eigenvalue weighted by molar-refractivity contribution is 5.91. The summed E-state index contributed by atoms with van der Waals surface area (Å²) in [4.78, 5) is 17.6. The van der Waals surface area contributed by atoms with Crippen LogP contribution in [-0.4, -0.2) is 24.5 Å². The molecule has 2 aromatic rings. The molecule has 1 heterocycles. The number of esters is 1. The first-order valence-electron chi connectivity index (χ1n) is 6.57. The summed E-state index contributed by atoms with van der Waals surface area (Å²) in [6.07, 6.45) is 1.13. The van der Waals surface area contributed by atoms with Gasteiger partial charge in [0.15, 0.2) is 11.6 Å². The summed E-state index contributed by atoms with van der Waals surface area (Å²) < 4.78 is 57.5. The topological polar surface area (TPSA) is 42.4 Å². The van der Waals surface area contributed by atoms with Crippen LogP contribution in [0.3, 0.4) is 0 Å². The molecule has 1 aromatic heterocycles. The van der Waals surface area contributed by atoms with Crippen molar-refractivity contribution in [2.24, 2.45) is 0 Å². The molecule has 4 nitrogen and oxygen atoms in total. The van der Waals surface area contributed by atoms with Crippen LogP contribution in [0.15, 0.2) is 24.4 Å². The minimum absolute atomic E-state index is 0.0267. The molecule has 0 amide bonds. The summed E-state index contributed by atoms with van der Waals surface area (Å²) >= 11 is 0. The Balaban J connectivity index is 2.26. The van der Waals surface area contributed by atoms with E-state index in [1.165, 1.54) is 12.1 Å². The SMILES string of the molecule is CCN(C)c1ccc(C(=O)Oc2c(F)c(F)cc(F)c2F)cn1. The Kier molecular flexibility index (Phi) is 4.83. The Labute approximate surface area is 129 Å². The number of benzene rings is 1. The fourth-order valence-corrected chi connectivity index (χ4v) is 1.69. The minimum Gasteiger partial charge on any atom is -0.416 e. The molecule has 1 aromatic carbocycles. The van der Waals surface area contributed by atoms with Crippen LogP contribution in [0.4, 0.5) is 23.4 Å². The molecule has 0 bridgehead atoms. The fraction of sp³-hybridized carbons (Fsp3) is 0.200. The molecule has 8 heteroatoms. The van der Waals surface area contributed by atoms with E-state index in [2.05, 4.69) is 9.72 Å². The van der Waals surface area contributed by atoms with Crippen LogP contribution >= 0.6 is 0 Å². The molecule has 23 heavy (non-hydrogen) atoms. The van der Waals surface area contributed by atoms with Crippen LogP contribution in [0.2, 0.25) is 0 Å². The molecular weight excluding hydrogens is 316 g/mol. The van der Waals surface area contributed by atoms with Gasteiger partial charge in [0.1, 0.15) is 5.82 Å². The zero-order valence-corrected chi connectivity index (χ0v) is 12.2. The summed E-state index contributed by atoms with van der Waals surface area (Å²) in [5.74, 6) is -8.94. The van der Waals surface area contributed by atoms with Crippen LogP contribution in [0.5, 0.6) is 5.75 Å². The maximum absolute atomic E-state index is 13.5. The lowest BCUT2D eigenvalue weighted by Gasteiger charge is -2.15. The number of aromatic nitrogens is 1. The monoisotopic (exact) mass is 328 g/mol. The molecule has 122 valence electrons. The highest BCUT2D eigenvalue weighted by Crippen LogP contribution is 2.27. The fourth-order valence-electron chi connectivity index (χ4n) is 1.69. The molecule has 0 spiro atoms. The number of anilines is 1. The number of halogens is 4. The predicted molar refractivity (Wildman–Crippen MR) is 74.4 cm³/mol. The Morgan fingerprint density at radius 1 is 1.17 bits per heavy atom. The zero-order valence-electron chi connectivity index (χ0n) is 12.2. The van der Waals surface area contributed by atoms with Gasteiger partial charge >= 0.3 is 5.97 Å². The van der Waals surface area contributed by atoms with Crippen molar-refractivity contribution < 1.29 is 27.1 Å². The average Bonchev–Trinajstić information content (AvgIpc) is 2.56. The first kappa shape index (κ1) is 16.7. The van der Waals surface area contributed by atoms with Gasteiger partial charge in [0.2, 0.25) is 17.4 Å².